The largest absolute Gasteiger partial charge is 0.354 e. The highest BCUT2D eigenvalue weighted by molar-refractivity contribution is 5.89. The van der Waals surface area contributed by atoms with Gasteiger partial charge in [-0.1, -0.05) is 0 Å². The van der Waals surface area contributed by atoms with Gasteiger partial charge < -0.3 is 15.5 Å². The number of amides is 2. The van der Waals surface area contributed by atoms with Crippen LogP contribution in [0.25, 0.3) is 0 Å². The van der Waals surface area contributed by atoms with Crippen LogP contribution in [0.2, 0.25) is 0 Å². The Bertz CT molecular complexity index is 720. The summed E-state index contributed by atoms with van der Waals surface area (Å²) in [4.78, 5) is 27.9. The molecule has 8 heteroatoms. The van der Waals surface area contributed by atoms with Crippen LogP contribution in [0.4, 0.5) is 0 Å². The molecule has 4 aliphatic rings. The van der Waals surface area contributed by atoms with E-state index in [9.17, 15) is 9.59 Å². The van der Waals surface area contributed by atoms with E-state index in [1.165, 1.54) is 0 Å². The molecule has 2 N–H and O–H groups in total. The first-order valence-electron chi connectivity index (χ1n) is 10.4. The second-order valence-electron chi connectivity index (χ2n) is 9.04. The van der Waals surface area contributed by atoms with Crippen molar-refractivity contribution in [3.63, 3.8) is 0 Å². The number of hydrogen-bond acceptors (Lipinski definition) is 4. The highest BCUT2D eigenvalue weighted by atomic mass is 35.5. The van der Waals surface area contributed by atoms with Gasteiger partial charge in [-0.05, 0) is 50.6 Å². The molecule has 0 unspecified atom stereocenters. The summed E-state index contributed by atoms with van der Waals surface area (Å²) in [6.07, 6.45) is 9.68. The summed E-state index contributed by atoms with van der Waals surface area (Å²) in [5.41, 5.74) is 0.134. The SMILES string of the molecule is Cl.O=C(NCC1(Cn2cccn2)CC1)[C@H]1[C@@H]2CNC[C@@H](C2)[C@@H]2CCCC(=O)N21. The van der Waals surface area contributed by atoms with Crippen LogP contribution in [-0.4, -0.2) is 58.2 Å². The number of aromatic nitrogens is 2. The zero-order valence-electron chi connectivity index (χ0n) is 16.2. The van der Waals surface area contributed by atoms with Crippen molar-refractivity contribution in [2.45, 2.75) is 57.2 Å². The molecule has 0 radical (unpaired) electrons. The molecule has 0 spiro atoms. The summed E-state index contributed by atoms with van der Waals surface area (Å²) < 4.78 is 1.96. The molecule has 3 aliphatic heterocycles. The van der Waals surface area contributed by atoms with E-state index in [0.717, 1.165) is 51.7 Å². The fourth-order valence-corrected chi connectivity index (χ4v) is 5.54. The summed E-state index contributed by atoms with van der Waals surface area (Å²) in [5, 5.41) is 11.0. The second-order valence-corrected chi connectivity index (χ2v) is 9.04. The molecule has 154 valence electrons. The van der Waals surface area contributed by atoms with E-state index in [-0.39, 0.29) is 47.6 Å². The minimum absolute atomic E-state index is 0. The van der Waals surface area contributed by atoms with Crippen LogP contribution < -0.4 is 10.6 Å². The van der Waals surface area contributed by atoms with E-state index < -0.39 is 0 Å². The predicted octanol–water partition coefficient (Wildman–Crippen LogP) is 1.19. The van der Waals surface area contributed by atoms with Crippen molar-refractivity contribution < 1.29 is 9.59 Å². The molecular formula is C20H30ClN5O2. The second kappa shape index (κ2) is 7.67. The minimum atomic E-state index is -0.299. The topological polar surface area (TPSA) is 79.3 Å². The van der Waals surface area contributed by atoms with Gasteiger partial charge in [0.2, 0.25) is 11.8 Å². The van der Waals surface area contributed by atoms with E-state index in [2.05, 4.69) is 15.7 Å². The Morgan fingerprint density at radius 1 is 1.32 bits per heavy atom. The zero-order chi connectivity index (χ0) is 18.4. The molecule has 1 aliphatic carbocycles. The van der Waals surface area contributed by atoms with Crippen molar-refractivity contribution in [1.29, 1.82) is 0 Å². The van der Waals surface area contributed by atoms with Gasteiger partial charge in [-0.25, -0.2) is 0 Å². The van der Waals surface area contributed by atoms with Crippen molar-refractivity contribution in [2.24, 2.45) is 17.3 Å². The Balaban J connectivity index is 0.00000192. The summed E-state index contributed by atoms with van der Waals surface area (Å²) in [6.45, 7) is 3.34. The molecule has 3 saturated heterocycles. The third-order valence-electron chi connectivity index (χ3n) is 7.16. The summed E-state index contributed by atoms with van der Waals surface area (Å²) in [5.74, 6) is 0.977. The van der Waals surface area contributed by atoms with Crippen LogP contribution in [0, 0.1) is 17.3 Å². The first-order chi connectivity index (χ1) is 13.2. The fraction of sp³-hybridized carbons (Fsp3) is 0.750. The molecule has 1 saturated carbocycles. The van der Waals surface area contributed by atoms with E-state index in [0.29, 0.717) is 18.9 Å². The highest BCUT2D eigenvalue weighted by Gasteiger charge is 2.51. The average molecular weight is 408 g/mol. The molecule has 1 aromatic rings. The molecule has 1 aromatic heterocycles. The van der Waals surface area contributed by atoms with Crippen LogP contribution in [0.3, 0.4) is 0 Å². The summed E-state index contributed by atoms with van der Waals surface area (Å²) >= 11 is 0. The maximum absolute atomic E-state index is 13.2. The standard InChI is InChI=1S/C20H29N5O2.ClH/c26-17-4-1-3-16-14-9-15(11-21-10-14)18(25(16)17)19(27)22-12-20(5-6-20)13-24-8-2-7-23-24;/h2,7-8,14-16,18,21H,1,3-6,9-13H2,(H,22,27);1H/t14-,15+,16+,18-;/m1./s1. The lowest BCUT2D eigenvalue weighted by Crippen LogP contribution is -2.68. The van der Waals surface area contributed by atoms with Crippen molar-refractivity contribution in [2.75, 3.05) is 19.6 Å². The number of nitrogens with one attached hydrogen (secondary N) is 2. The lowest BCUT2D eigenvalue weighted by molar-refractivity contribution is -0.157. The maximum Gasteiger partial charge on any atom is 0.243 e. The number of carbonyl (C=O) groups is 2. The number of piperidine rings is 3. The average Bonchev–Trinajstić information content (AvgIpc) is 3.24. The minimum Gasteiger partial charge on any atom is -0.354 e. The van der Waals surface area contributed by atoms with Gasteiger partial charge in [0.15, 0.2) is 0 Å². The van der Waals surface area contributed by atoms with Crippen LogP contribution >= 0.6 is 12.4 Å². The van der Waals surface area contributed by atoms with Crippen LogP contribution in [0.5, 0.6) is 0 Å². The Morgan fingerprint density at radius 3 is 2.89 bits per heavy atom. The molecule has 2 amide bonds. The van der Waals surface area contributed by atoms with Crippen LogP contribution in [-0.2, 0) is 16.1 Å². The molecular weight excluding hydrogens is 378 g/mol. The van der Waals surface area contributed by atoms with E-state index in [4.69, 9.17) is 0 Å². The third-order valence-corrected chi connectivity index (χ3v) is 7.16. The molecule has 0 aromatic carbocycles. The Labute approximate surface area is 172 Å². The molecule has 4 atom stereocenters. The van der Waals surface area contributed by atoms with Gasteiger partial charge in [0.05, 0.1) is 0 Å². The first-order valence-corrected chi connectivity index (χ1v) is 10.4. The third kappa shape index (κ3) is 3.54. The molecule has 7 nitrogen and oxygen atoms in total. The monoisotopic (exact) mass is 407 g/mol. The fourth-order valence-electron chi connectivity index (χ4n) is 5.54. The summed E-state index contributed by atoms with van der Waals surface area (Å²) in [6, 6.07) is 1.88. The van der Waals surface area contributed by atoms with Gasteiger partial charge in [-0.15, -0.1) is 12.4 Å². The van der Waals surface area contributed by atoms with Crippen molar-refractivity contribution in [1.82, 2.24) is 25.3 Å². The van der Waals surface area contributed by atoms with Gasteiger partial charge in [-0.2, -0.15) is 5.10 Å². The van der Waals surface area contributed by atoms with E-state index in [1.807, 2.05) is 21.8 Å². The Morgan fingerprint density at radius 2 is 2.14 bits per heavy atom. The van der Waals surface area contributed by atoms with Gasteiger partial charge in [-0.3, -0.25) is 14.3 Å². The number of carbonyl (C=O) groups excluding carboxylic acids is 2. The van der Waals surface area contributed by atoms with Gasteiger partial charge in [0, 0.05) is 55.8 Å². The Hall–Kier alpha value is -1.60. The predicted molar refractivity (Wildman–Crippen MR) is 107 cm³/mol. The van der Waals surface area contributed by atoms with Crippen molar-refractivity contribution in [3.05, 3.63) is 18.5 Å². The number of hydrogen-bond donors (Lipinski definition) is 2. The van der Waals surface area contributed by atoms with Gasteiger partial charge in [0.1, 0.15) is 6.04 Å². The van der Waals surface area contributed by atoms with E-state index in [1.54, 1.807) is 6.20 Å². The first kappa shape index (κ1) is 19.7. The number of rotatable bonds is 5. The summed E-state index contributed by atoms with van der Waals surface area (Å²) in [7, 11) is 0. The number of fused-ring (bicyclic) bond motifs is 4. The van der Waals surface area contributed by atoms with Crippen LogP contribution in [0.1, 0.15) is 38.5 Å². The highest BCUT2D eigenvalue weighted by Crippen LogP contribution is 2.46. The number of nitrogens with zero attached hydrogens (tertiary/aromatic N) is 3. The van der Waals surface area contributed by atoms with Gasteiger partial charge in [0.25, 0.3) is 0 Å². The molecule has 2 bridgehead atoms. The smallest absolute Gasteiger partial charge is 0.243 e. The van der Waals surface area contributed by atoms with Crippen molar-refractivity contribution >= 4 is 24.2 Å². The quantitative estimate of drug-likeness (QED) is 0.768. The zero-order valence-corrected chi connectivity index (χ0v) is 17.0. The Kier molecular flexibility index (Phi) is 5.40. The van der Waals surface area contributed by atoms with E-state index >= 15 is 0 Å². The maximum atomic E-state index is 13.2. The molecule has 4 fully saturated rings. The van der Waals surface area contributed by atoms with Gasteiger partial charge >= 0.3 is 0 Å². The van der Waals surface area contributed by atoms with Crippen molar-refractivity contribution in [3.8, 4) is 0 Å². The molecule has 28 heavy (non-hydrogen) atoms. The van der Waals surface area contributed by atoms with Crippen LogP contribution in [0.15, 0.2) is 18.5 Å². The number of halogens is 1. The molecule has 5 rings (SSSR count). The lowest BCUT2D eigenvalue weighted by atomic mass is 9.72. The molecule has 4 heterocycles. The normalized spacial score (nSPS) is 32.9. The lowest BCUT2D eigenvalue weighted by Gasteiger charge is -2.53.